The van der Waals surface area contributed by atoms with Gasteiger partial charge in [-0.2, -0.15) is 0 Å². The molecule has 4 atom stereocenters. The second kappa shape index (κ2) is 7.24. The van der Waals surface area contributed by atoms with Crippen molar-refractivity contribution in [2.24, 2.45) is 10.8 Å². The molecule has 1 saturated heterocycles. The van der Waals surface area contributed by atoms with Crippen molar-refractivity contribution in [3.63, 3.8) is 0 Å². The van der Waals surface area contributed by atoms with Crippen molar-refractivity contribution in [2.45, 2.75) is 49.9 Å². The maximum Gasteiger partial charge on any atom is 0.310 e. The van der Waals surface area contributed by atoms with Gasteiger partial charge in [0.2, 0.25) is 11.5 Å². The zero-order valence-electron chi connectivity index (χ0n) is 18.5. The van der Waals surface area contributed by atoms with Crippen molar-refractivity contribution in [3.05, 3.63) is 23.0 Å². The number of likely N-dealkylation sites (N-methyl/N-ethyl adjacent to an activating group) is 1. The summed E-state index contributed by atoms with van der Waals surface area (Å²) < 4.78 is 22.5. The number of hydrogen-bond donors (Lipinski definition) is 0. The van der Waals surface area contributed by atoms with E-state index < -0.39 is 27.7 Å². The summed E-state index contributed by atoms with van der Waals surface area (Å²) in [5, 5.41) is -0.732. The summed E-state index contributed by atoms with van der Waals surface area (Å²) >= 11 is 7.05. The molecule has 8 nitrogen and oxygen atoms in total. The van der Waals surface area contributed by atoms with E-state index in [1.807, 2.05) is 7.05 Å². The molecule has 170 valence electrons. The minimum absolute atomic E-state index is 0.0342. The van der Waals surface area contributed by atoms with Gasteiger partial charge in [0.15, 0.2) is 17.3 Å². The smallest absolute Gasteiger partial charge is 0.310 e. The summed E-state index contributed by atoms with van der Waals surface area (Å²) in [6.07, 6.45) is 0.978. The van der Waals surface area contributed by atoms with Crippen molar-refractivity contribution < 1.29 is 33.3 Å². The summed E-state index contributed by atoms with van der Waals surface area (Å²) in [6.45, 7) is 2.30. The Balaban J connectivity index is 2.05. The number of halogens is 1. The molecule has 31 heavy (non-hydrogen) atoms. The van der Waals surface area contributed by atoms with Crippen LogP contribution in [-0.4, -0.2) is 68.3 Å². The Labute approximate surface area is 186 Å². The summed E-state index contributed by atoms with van der Waals surface area (Å²) in [7, 11) is 6.31. The van der Waals surface area contributed by atoms with Crippen LogP contribution in [0.4, 0.5) is 0 Å². The molecule has 1 aliphatic heterocycles. The minimum Gasteiger partial charge on any atom is -0.497 e. The average molecular weight is 454 g/mol. The number of likely N-dealkylation sites (tertiary alicyclic amines) is 1. The van der Waals surface area contributed by atoms with Gasteiger partial charge in [-0.05, 0) is 26.4 Å². The number of allylic oxidation sites excluding steroid dienone is 3. The molecule has 4 aliphatic rings. The van der Waals surface area contributed by atoms with E-state index in [0.717, 1.165) is 0 Å². The van der Waals surface area contributed by atoms with Gasteiger partial charge in [-0.15, -0.1) is 11.6 Å². The van der Waals surface area contributed by atoms with Gasteiger partial charge in [-0.25, -0.2) is 0 Å². The highest BCUT2D eigenvalue weighted by molar-refractivity contribution is 6.25. The topological polar surface area (TPSA) is 91.4 Å². The van der Waals surface area contributed by atoms with Crippen LogP contribution in [0.15, 0.2) is 23.0 Å². The Hall–Kier alpha value is -2.06. The maximum atomic E-state index is 13.8. The SMILES string of the molecule is CCC(=O)OC1=C(OC)CC(=O)[C@]12[C@@H](Cl)CC13C(OC)=C(OC)C(=O)CC12CCN3C. The first-order valence-electron chi connectivity index (χ1n) is 10.4. The molecule has 0 N–H and O–H groups in total. The number of carbonyl (C=O) groups is 3. The number of rotatable bonds is 5. The third-order valence-electron chi connectivity index (χ3n) is 7.85. The molecule has 0 radical (unpaired) electrons. The Kier molecular flexibility index (Phi) is 5.17. The van der Waals surface area contributed by atoms with Gasteiger partial charge in [-0.1, -0.05) is 6.92 Å². The van der Waals surface area contributed by atoms with E-state index in [-0.39, 0.29) is 42.3 Å². The van der Waals surface area contributed by atoms with Crippen LogP contribution >= 0.6 is 11.6 Å². The normalized spacial score (nSPS) is 37.4. The Morgan fingerprint density at radius 3 is 2.45 bits per heavy atom. The third kappa shape index (κ3) is 2.32. The number of carbonyl (C=O) groups excluding carboxylic acids is 3. The minimum atomic E-state index is -1.38. The van der Waals surface area contributed by atoms with Crippen LogP contribution < -0.4 is 0 Å². The Bertz CT molecular complexity index is 927. The monoisotopic (exact) mass is 453 g/mol. The highest BCUT2D eigenvalue weighted by Gasteiger charge is 2.84. The molecular formula is C22H28ClNO7. The molecule has 2 unspecified atom stereocenters. The maximum absolute atomic E-state index is 13.8. The van der Waals surface area contributed by atoms with Crippen LogP contribution in [-0.2, 0) is 33.3 Å². The average Bonchev–Trinajstić information content (AvgIpc) is 3.28. The summed E-state index contributed by atoms with van der Waals surface area (Å²) in [6, 6.07) is 0. The van der Waals surface area contributed by atoms with Crippen LogP contribution in [0.3, 0.4) is 0 Å². The second-order valence-electron chi connectivity index (χ2n) is 8.64. The van der Waals surface area contributed by atoms with Crippen molar-refractivity contribution in [1.82, 2.24) is 4.90 Å². The lowest BCUT2D eigenvalue weighted by Gasteiger charge is -2.52. The van der Waals surface area contributed by atoms with Crippen molar-refractivity contribution in [1.29, 1.82) is 0 Å². The quantitative estimate of drug-likeness (QED) is 0.462. The molecule has 0 bridgehead atoms. The molecule has 0 aromatic heterocycles. The van der Waals surface area contributed by atoms with Gasteiger partial charge >= 0.3 is 5.97 Å². The van der Waals surface area contributed by atoms with Crippen LogP contribution in [0, 0.1) is 10.8 Å². The summed E-state index contributed by atoms with van der Waals surface area (Å²) in [4.78, 5) is 41.5. The standard InChI is InChI=1S/C22H28ClNO7/c1-6-16(27)31-18-13(28-3)9-15(26)22(18)14(23)11-21-19(30-5)17(29-4)12(25)10-20(21,22)7-8-24(21)2/h14H,6-11H2,1-5H3/t14-,20?,21?,22+/m0/s1. The van der Waals surface area contributed by atoms with E-state index in [1.54, 1.807) is 6.92 Å². The predicted molar refractivity (Wildman–Crippen MR) is 110 cm³/mol. The van der Waals surface area contributed by atoms with Crippen molar-refractivity contribution >= 4 is 29.1 Å². The Morgan fingerprint density at radius 1 is 1.16 bits per heavy atom. The van der Waals surface area contributed by atoms with Crippen LogP contribution in [0.25, 0.3) is 0 Å². The lowest BCUT2D eigenvalue weighted by Crippen LogP contribution is -2.61. The van der Waals surface area contributed by atoms with Gasteiger partial charge in [0.1, 0.15) is 11.2 Å². The van der Waals surface area contributed by atoms with E-state index in [0.29, 0.717) is 30.9 Å². The van der Waals surface area contributed by atoms with E-state index in [9.17, 15) is 14.4 Å². The summed E-state index contributed by atoms with van der Waals surface area (Å²) in [5.74, 6) is 0.0675. The van der Waals surface area contributed by atoms with E-state index >= 15 is 0 Å². The van der Waals surface area contributed by atoms with Crippen molar-refractivity contribution in [3.8, 4) is 0 Å². The number of ether oxygens (including phenoxy) is 4. The second-order valence-corrected chi connectivity index (χ2v) is 9.17. The molecule has 2 fully saturated rings. The molecule has 9 heteroatoms. The van der Waals surface area contributed by atoms with E-state index in [1.165, 1.54) is 21.3 Å². The van der Waals surface area contributed by atoms with Crippen molar-refractivity contribution in [2.75, 3.05) is 34.9 Å². The van der Waals surface area contributed by atoms with Crippen LogP contribution in [0.1, 0.15) is 39.0 Å². The van der Waals surface area contributed by atoms with Gasteiger partial charge in [0, 0.05) is 18.3 Å². The molecule has 0 aromatic carbocycles. The van der Waals surface area contributed by atoms with E-state index in [2.05, 4.69) is 4.90 Å². The zero-order chi connectivity index (χ0) is 22.8. The van der Waals surface area contributed by atoms with E-state index in [4.69, 9.17) is 30.5 Å². The molecule has 0 amide bonds. The molecule has 1 spiro atoms. The molecule has 1 saturated carbocycles. The number of nitrogens with zero attached hydrogens (tertiary/aromatic N) is 1. The first-order chi connectivity index (χ1) is 14.7. The molecule has 1 heterocycles. The highest BCUT2D eigenvalue weighted by Crippen LogP contribution is 2.76. The zero-order valence-corrected chi connectivity index (χ0v) is 19.3. The predicted octanol–water partition coefficient (Wildman–Crippen LogP) is 2.31. The molecule has 0 aromatic rings. The van der Waals surface area contributed by atoms with Crippen LogP contribution in [0.2, 0.25) is 0 Å². The van der Waals surface area contributed by atoms with Gasteiger partial charge in [0.25, 0.3) is 0 Å². The fourth-order valence-corrected chi connectivity index (χ4v) is 7.36. The first-order valence-corrected chi connectivity index (χ1v) is 10.9. The van der Waals surface area contributed by atoms with Gasteiger partial charge < -0.3 is 18.9 Å². The third-order valence-corrected chi connectivity index (χ3v) is 8.33. The number of hydrogen-bond acceptors (Lipinski definition) is 8. The fourth-order valence-electron chi connectivity index (χ4n) is 6.70. The molecule has 3 aliphatic carbocycles. The van der Waals surface area contributed by atoms with Gasteiger partial charge in [-0.3, -0.25) is 19.3 Å². The lowest BCUT2D eigenvalue weighted by atomic mass is 9.53. The van der Waals surface area contributed by atoms with Crippen LogP contribution in [0.5, 0.6) is 0 Å². The Morgan fingerprint density at radius 2 is 1.87 bits per heavy atom. The lowest BCUT2D eigenvalue weighted by molar-refractivity contribution is -0.148. The number of Topliss-reactive ketones (excluding diaryl/α,β-unsaturated/α-hetero) is 2. The number of esters is 1. The summed E-state index contributed by atoms with van der Waals surface area (Å²) in [5.41, 5.74) is -3.18. The van der Waals surface area contributed by atoms with Gasteiger partial charge in [0.05, 0.1) is 38.7 Å². The molecule has 4 rings (SSSR count). The largest absolute Gasteiger partial charge is 0.497 e. The highest BCUT2D eigenvalue weighted by atomic mass is 35.5. The number of methoxy groups -OCH3 is 3. The fraction of sp³-hybridized carbons (Fsp3) is 0.682. The number of ketones is 2. The number of alkyl halides is 1. The molecular weight excluding hydrogens is 426 g/mol. The first kappa shape index (κ1) is 22.1.